The van der Waals surface area contributed by atoms with E-state index in [4.69, 9.17) is 11.5 Å². The van der Waals surface area contributed by atoms with Gasteiger partial charge in [0, 0.05) is 31.6 Å². The molecule has 1 fully saturated rings. The Morgan fingerprint density at radius 1 is 1.29 bits per heavy atom. The second kappa shape index (κ2) is 5.85. The van der Waals surface area contributed by atoms with Crippen molar-refractivity contribution in [2.45, 2.75) is 25.7 Å². The number of piperidine rings is 1. The van der Waals surface area contributed by atoms with E-state index in [0.717, 1.165) is 56.8 Å². The van der Waals surface area contributed by atoms with Crippen LogP contribution in [0.1, 0.15) is 24.1 Å². The third-order valence-corrected chi connectivity index (χ3v) is 4.30. The summed E-state index contributed by atoms with van der Waals surface area (Å²) >= 11 is 0. The molecule has 1 aromatic heterocycles. The number of hydrogen-bond donors (Lipinski definition) is 3. The van der Waals surface area contributed by atoms with Crippen molar-refractivity contribution in [3.63, 3.8) is 0 Å². The molecule has 1 atom stereocenters. The van der Waals surface area contributed by atoms with Crippen molar-refractivity contribution >= 4 is 17.7 Å². The fourth-order valence-electron chi connectivity index (χ4n) is 3.21. The molecular weight excluding hydrogens is 268 g/mol. The molecule has 1 aromatic rings. The molecular formula is C14H22N6O. The number of primary amides is 1. The van der Waals surface area contributed by atoms with Crippen molar-refractivity contribution in [3.05, 3.63) is 11.3 Å². The van der Waals surface area contributed by atoms with E-state index in [1.54, 1.807) is 0 Å². The molecule has 3 heterocycles. The zero-order chi connectivity index (χ0) is 14.8. The van der Waals surface area contributed by atoms with Gasteiger partial charge in [-0.3, -0.25) is 4.79 Å². The maximum atomic E-state index is 11.5. The molecule has 2 aliphatic heterocycles. The summed E-state index contributed by atoms with van der Waals surface area (Å²) in [5.74, 6) is 0.878. The highest BCUT2D eigenvalue weighted by Gasteiger charge is 2.27. The lowest BCUT2D eigenvalue weighted by Gasteiger charge is -2.33. The monoisotopic (exact) mass is 290 g/mol. The number of anilines is 2. The molecule has 5 N–H and O–H groups in total. The van der Waals surface area contributed by atoms with Crippen LogP contribution in [-0.2, 0) is 17.6 Å². The zero-order valence-corrected chi connectivity index (χ0v) is 12.1. The molecule has 3 rings (SSSR count). The molecule has 0 aromatic carbocycles. The molecule has 7 heteroatoms. The molecule has 0 bridgehead atoms. The highest BCUT2D eigenvalue weighted by atomic mass is 16.1. The predicted molar refractivity (Wildman–Crippen MR) is 80.9 cm³/mol. The van der Waals surface area contributed by atoms with Gasteiger partial charge in [-0.2, -0.15) is 4.98 Å². The van der Waals surface area contributed by atoms with E-state index in [9.17, 15) is 4.79 Å². The summed E-state index contributed by atoms with van der Waals surface area (Å²) < 4.78 is 0. The van der Waals surface area contributed by atoms with Crippen LogP contribution in [0, 0.1) is 5.92 Å². The second-order valence-electron chi connectivity index (χ2n) is 5.77. The SMILES string of the molecule is NC(=O)C1CCCN(c2nc(N)nc3c2CCNCC3)C1. The van der Waals surface area contributed by atoms with Gasteiger partial charge in [0.1, 0.15) is 5.82 Å². The molecule has 114 valence electrons. The molecule has 1 unspecified atom stereocenters. The Morgan fingerprint density at radius 2 is 2.10 bits per heavy atom. The molecule has 1 amide bonds. The number of nitrogens with zero attached hydrogens (tertiary/aromatic N) is 3. The van der Waals surface area contributed by atoms with Gasteiger partial charge in [-0.1, -0.05) is 0 Å². The lowest BCUT2D eigenvalue weighted by atomic mass is 9.96. The van der Waals surface area contributed by atoms with Gasteiger partial charge in [0.2, 0.25) is 11.9 Å². The second-order valence-corrected chi connectivity index (χ2v) is 5.77. The van der Waals surface area contributed by atoms with E-state index in [0.29, 0.717) is 12.5 Å². The van der Waals surface area contributed by atoms with Crippen molar-refractivity contribution in [2.75, 3.05) is 36.8 Å². The van der Waals surface area contributed by atoms with Crippen LogP contribution in [-0.4, -0.2) is 42.1 Å². The van der Waals surface area contributed by atoms with Gasteiger partial charge in [0.05, 0.1) is 11.6 Å². The van der Waals surface area contributed by atoms with Crippen molar-refractivity contribution in [2.24, 2.45) is 11.7 Å². The van der Waals surface area contributed by atoms with Crippen molar-refractivity contribution in [1.82, 2.24) is 15.3 Å². The minimum Gasteiger partial charge on any atom is -0.369 e. The minimum absolute atomic E-state index is 0.102. The third kappa shape index (κ3) is 2.92. The lowest BCUT2D eigenvalue weighted by Crippen LogP contribution is -2.42. The van der Waals surface area contributed by atoms with Gasteiger partial charge in [-0.15, -0.1) is 0 Å². The molecule has 7 nitrogen and oxygen atoms in total. The summed E-state index contributed by atoms with van der Waals surface area (Å²) in [5.41, 5.74) is 13.5. The summed E-state index contributed by atoms with van der Waals surface area (Å²) in [6.45, 7) is 3.35. The van der Waals surface area contributed by atoms with E-state index < -0.39 is 0 Å². The number of nitrogen functional groups attached to an aromatic ring is 1. The van der Waals surface area contributed by atoms with Crippen molar-refractivity contribution in [3.8, 4) is 0 Å². The zero-order valence-electron chi connectivity index (χ0n) is 12.1. The Balaban J connectivity index is 1.93. The molecule has 0 spiro atoms. The fourth-order valence-corrected chi connectivity index (χ4v) is 3.21. The summed E-state index contributed by atoms with van der Waals surface area (Å²) in [4.78, 5) is 22.5. The van der Waals surface area contributed by atoms with Crippen LogP contribution in [0.25, 0.3) is 0 Å². The highest BCUT2D eigenvalue weighted by molar-refractivity contribution is 5.77. The number of carbonyl (C=O) groups is 1. The standard InChI is InChI=1S/C14H22N6O/c15-12(21)9-2-1-7-20(8-9)13-10-3-5-17-6-4-11(10)18-14(16)19-13/h9,17H,1-8H2,(H2,15,21)(H2,16,18,19). The Labute approximate surface area is 124 Å². The van der Waals surface area contributed by atoms with Crippen LogP contribution in [0.15, 0.2) is 0 Å². The van der Waals surface area contributed by atoms with Crippen LogP contribution in [0.5, 0.6) is 0 Å². The number of fused-ring (bicyclic) bond motifs is 1. The quantitative estimate of drug-likeness (QED) is 0.674. The van der Waals surface area contributed by atoms with Crippen LogP contribution in [0.3, 0.4) is 0 Å². The van der Waals surface area contributed by atoms with E-state index in [-0.39, 0.29) is 11.8 Å². The largest absolute Gasteiger partial charge is 0.369 e. The molecule has 21 heavy (non-hydrogen) atoms. The van der Waals surface area contributed by atoms with E-state index >= 15 is 0 Å². The van der Waals surface area contributed by atoms with Crippen LogP contribution >= 0.6 is 0 Å². The summed E-state index contributed by atoms with van der Waals surface area (Å²) in [7, 11) is 0. The molecule has 0 saturated carbocycles. The van der Waals surface area contributed by atoms with Gasteiger partial charge in [0.25, 0.3) is 0 Å². The van der Waals surface area contributed by atoms with Crippen LogP contribution in [0.4, 0.5) is 11.8 Å². The van der Waals surface area contributed by atoms with Crippen LogP contribution in [0.2, 0.25) is 0 Å². The number of amides is 1. The number of carbonyl (C=O) groups excluding carboxylic acids is 1. The molecule has 0 aliphatic carbocycles. The van der Waals surface area contributed by atoms with Crippen LogP contribution < -0.4 is 21.7 Å². The van der Waals surface area contributed by atoms with Gasteiger partial charge >= 0.3 is 0 Å². The molecule has 2 aliphatic rings. The average molecular weight is 290 g/mol. The summed E-state index contributed by atoms with van der Waals surface area (Å²) in [6, 6.07) is 0. The predicted octanol–water partition coefficient (Wildman–Crippen LogP) is -0.551. The number of hydrogen-bond acceptors (Lipinski definition) is 6. The van der Waals surface area contributed by atoms with Gasteiger partial charge in [-0.25, -0.2) is 4.98 Å². The number of nitrogens with one attached hydrogen (secondary N) is 1. The highest BCUT2D eigenvalue weighted by Crippen LogP contribution is 2.28. The van der Waals surface area contributed by atoms with E-state index in [1.165, 1.54) is 5.56 Å². The molecule has 0 radical (unpaired) electrons. The Kier molecular flexibility index (Phi) is 3.92. The van der Waals surface area contributed by atoms with Gasteiger partial charge < -0.3 is 21.7 Å². The van der Waals surface area contributed by atoms with E-state index in [2.05, 4.69) is 20.2 Å². The fraction of sp³-hybridized carbons (Fsp3) is 0.643. The van der Waals surface area contributed by atoms with Crippen molar-refractivity contribution < 1.29 is 4.79 Å². The Morgan fingerprint density at radius 3 is 2.90 bits per heavy atom. The lowest BCUT2D eigenvalue weighted by molar-refractivity contribution is -0.122. The maximum Gasteiger partial charge on any atom is 0.222 e. The normalized spacial score (nSPS) is 22.5. The minimum atomic E-state index is -0.227. The number of rotatable bonds is 2. The number of aromatic nitrogens is 2. The Bertz CT molecular complexity index is 547. The average Bonchev–Trinajstić information content (AvgIpc) is 2.71. The summed E-state index contributed by atoms with van der Waals surface area (Å²) in [5, 5.41) is 3.37. The number of nitrogens with two attached hydrogens (primary N) is 2. The summed E-state index contributed by atoms with van der Waals surface area (Å²) in [6.07, 6.45) is 3.56. The van der Waals surface area contributed by atoms with Gasteiger partial charge in [0.15, 0.2) is 0 Å². The third-order valence-electron chi connectivity index (χ3n) is 4.30. The smallest absolute Gasteiger partial charge is 0.222 e. The van der Waals surface area contributed by atoms with Crippen molar-refractivity contribution in [1.29, 1.82) is 0 Å². The topological polar surface area (TPSA) is 110 Å². The first-order chi connectivity index (χ1) is 10.1. The Hall–Kier alpha value is -1.89. The first-order valence-corrected chi connectivity index (χ1v) is 7.55. The van der Waals surface area contributed by atoms with Gasteiger partial charge in [-0.05, 0) is 25.8 Å². The first kappa shape index (κ1) is 14.1. The van der Waals surface area contributed by atoms with E-state index in [1.807, 2.05) is 0 Å². The molecule has 1 saturated heterocycles. The maximum absolute atomic E-state index is 11.5. The first-order valence-electron chi connectivity index (χ1n) is 7.55.